The van der Waals surface area contributed by atoms with Crippen molar-refractivity contribution < 1.29 is 9.52 Å². The van der Waals surface area contributed by atoms with E-state index in [1.165, 1.54) is 0 Å². The molecule has 3 heteroatoms. The van der Waals surface area contributed by atoms with Gasteiger partial charge >= 0.3 is 0 Å². The number of aryl methyl sites for hydroxylation is 3. The Morgan fingerprint density at radius 1 is 0.952 bits per heavy atom. The molecule has 0 fully saturated rings. The molecule has 0 amide bonds. The molecule has 0 saturated heterocycles. The first-order valence-corrected chi connectivity index (χ1v) is 6.81. The summed E-state index contributed by atoms with van der Waals surface area (Å²) >= 11 is 0. The molecule has 3 nitrogen and oxygen atoms in total. The fourth-order valence-corrected chi connectivity index (χ4v) is 2.54. The number of benzene rings is 2. The van der Waals surface area contributed by atoms with Gasteiger partial charge in [0.05, 0.1) is 5.39 Å². The van der Waals surface area contributed by atoms with Crippen molar-refractivity contribution in [3.05, 3.63) is 63.3 Å². The number of hydrogen-bond donors (Lipinski definition) is 1. The third-order valence-electron chi connectivity index (χ3n) is 3.61. The number of rotatable bonds is 1. The Kier molecular flexibility index (Phi) is 3.05. The minimum absolute atomic E-state index is 0.222. The van der Waals surface area contributed by atoms with Gasteiger partial charge in [0.25, 0.3) is 0 Å². The maximum absolute atomic E-state index is 12.4. The molecule has 0 aliphatic rings. The van der Waals surface area contributed by atoms with E-state index in [4.69, 9.17) is 4.42 Å². The van der Waals surface area contributed by atoms with Crippen LogP contribution in [0, 0.1) is 20.8 Å². The Morgan fingerprint density at radius 3 is 2.29 bits per heavy atom. The summed E-state index contributed by atoms with van der Waals surface area (Å²) in [6.45, 7) is 5.79. The molecule has 1 aromatic heterocycles. The van der Waals surface area contributed by atoms with E-state index in [0.29, 0.717) is 16.5 Å². The van der Waals surface area contributed by atoms with Crippen molar-refractivity contribution in [2.75, 3.05) is 0 Å². The quantitative estimate of drug-likeness (QED) is 0.730. The lowest BCUT2D eigenvalue weighted by Crippen LogP contribution is -2.04. The average Bonchev–Trinajstić information content (AvgIpc) is 2.44. The Bertz CT molecular complexity index is 887. The summed E-state index contributed by atoms with van der Waals surface area (Å²) < 4.78 is 5.84. The molecule has 1 N–H and O–H groups in total. The summed E-state index contributed by atoms with van der Waals surface area (Å²) in [6.07, 6.45) is 0. The zero-order valence-electron chi connectivity index (χ0n) is 12.2. The van der Waals surface area contributed by atoms with Gasteiger partial charge in [-0.05, 0) is 38.0 Å². The van der Waals surface area contributed by atoms with Crippen LogP contribution in [0.4, 0.5) is 0 Å². The summed E-state index contributed by atoms with van der Waals surface area (Å²) in [7, 11) is 0. The summed E-state index contributed by atoms with van der Waals surface area (Å²) in [5.41, 5.74) is 3.79. The zero-order valence-corrected chi connectivity index (χ0v) is 12.2. The van der Waals surface area contributed by atoms with Crippen LogP contribution >= 0.6 is 0 Å². The van der Waals surface area contributed by atoms with Gasteiger partial charge in [-0.3, -0.25) is 4.79 Å². The van der Waals surface area contributed by atoms with Gasteiger partial charge in [-0.2, -0.15) is 0 Å². The standard InChI is InChI=1S/C18H16O3/c1-10-4-6-13(7-5-10)18-16(20)15(19)14-9-11(2)8-12(3)17(14)21-18/h4-9,20H,1-3H3. The van der Waals surface area contributed by atoms with E-state index in [1.54, 1.807) is 6.07 Å². The van der Waals surface area contributed by atoms with Crippen LogP contribution in [0.15, 0.2) is 45.6 Å². The topological polar surface area (TPSA) is 50.4 Å². The molecule has 0 spiro atoms. The molecule has 0 aliphatic carbocycles. The lowest BCUT2D eigenvalue weighted by molar-refractivity contribution is 0.449. The smallest absolute Gasteiger partial charge is 0.235 e. The molecular formula is C18H16O3. The van der Waals surface area contributed by atoms with E-state index >= 15 is 0 Å². The minimum Gasteiger partial charge on any atom is -0.502 e. The van der Waals surface area contributed by atoms with Crippen LogP contribution in [-0.4, -0.2) is 5.11 Å². The molecule has 3 aromatic rings. The van der Waals surface area contributed by atoms with Crippen LogP contribution in [-0.2, 0) is 0 Å². The molecular weight excluding hydrogens is 264 g/mol. The van der Waals surface area contributed by atoms with Gasteiger partial charge in [0.15, 0.2) is 5.76 Å². The predicted octanol–water partition coefficient (Wildman–Crippen LogP) is 4.09. The molecule has 2 aromatic carbocycles. The summed E-state index contributed by atoms with van der Waals surface area (Å²) in [5.74, 6) is -0.115. The second kappa shape index (κ2) is 4.77. The first-order valence-electron chi connectivity index (χ1n) is 6.81. The van der Waals surface area contributed by atoms with Crippen LogP contribution in [0.2, 0.25) is 0 Å². The highest BCUT2D eigenvalue weighted by molar-refractivity contribution is 5.84. The largest absolute Gasteiger partial charge is 0.502 e. The number of hydrogen-bond acceptors (Lipinski definition) is 3. The van der Waals surface area contributed by atoms with E-state index in [2.05, 4.69) is 0 Å². The minimum atomic E-state index is -0.390. The summed E-state index contributed by atoms with van der Waals surface area (Å²) in [6, 6.07) is 11.2. The SMILES string of the molecule is Cc1ccc(-c2oc3c(C)cc(C)cc3c(=O)c2O)cc1. The van der Waals surface area contributed by atoms with Crippen molar-refractivity contribution in [1.29, 1.82) is 0 Å². The highest BCUT2D eigenvalue weighted by Crippen LogP contribution is 2.31. The van der Waals surface area contributed by atoms with Crippen molar-refractivity contribution >= 4 is 11.0 Å². The van der Waals surface area contributed by atoms with E-state index in [9.17, 15) is 9.90 Å². The molecule has 21 heavy (non-hydrogen) atoms. The van der Waals surface area contributed by atoms with Gasteiger partial charge in [0.1, 0.15) is 5.58 Å². The van der Waals surface area contributed by atoms with Crippen molar-refractivity contribution in [2.24, 2.45) is 0 Å². The molecule has 0 radical (unpaired) electrons. The maximum Gasteiger partial charge on any atom is 0.235 e. The van der Waals surface area contributed by atoms with Crippen LogP contribution in [0.25, 0.3) is 22.3 Å². The molecule has 0 unspecified atom stereocenters. The molecule has 1 heterocycles. The van der Waals surface area contributed by atoms with E-state index < -0.39 is 5.43 Å². The molecule has 106 valence electrons. The van der Waals surface area contributed by atoms with Gasteiger partial charge in [-0.15, -0.1) is 0 Å². The monoisotopic (exact) mass is 280 g/mol. The maximum atomic E-state index is 12.4. The third-order valence-corrected chi connectivity index (χ3v) is 3.61. The predicted molar refractivity (Wildman–Crippen MR) is 83.8 cm³/mol. The van der Waals surface area contributed by atoms with Gasteiger partial charge in [0.2, 0.25) is 11.2 Å². The van der Waals surface area contributed by atoms with Crippen molar-refractivity contribution in [1.82, 2.24) is 0 Å². The Labute approximate surface area is 122 Å². The van der Waals surface area contributed by atoms with Crippen LogP contribution < -0.4 is 5.43 Å². The van der Waals surface area contributed by atoms with Crippen LogP contribution in [0.1, 0.15) is 16.7 Å². The van der Waals surface area contributed by atoms with Gasteiger partial charge in [-0.25, -0.2) is 0 Å². The zero-order chi connectivity index (χ0) is 15.1. The molecule has 0 bridgehead atoms. The average molecular weight is 280 g/mol. The van der Waals surface area contributed by atoms with Crippen molar-refractivity contribution in [3.63, 3.8) is 0 Å². The van der Waals surface area contributed by atoms with Crippen molar-refractivity contribution in [3.8, 4) is 17.1 Å². The Hall–Kier alpha value is -2.55. The Balaban J connectivity index is 2.37. The second-order valence-corrected chi connectivity index (χ2v) is 5.43. The first-order chi connectivity index (χ1) is 9.97. The fourth-order valence-electron chi connectivity index (χ4n) is 2.54. The molecule has 0 aliphatic heterocycles. The summed E-state index contributed by atoms with van der Waals surface area (Å²) in [5, 5.41) is 10.6. The van der Waals surface area contributed by atoms with E-state index in [-0.39, 0.29) is 11.5 Å². The molecule has 0 saturated carbocycles. The lowest BCUT2D eigenvalue weighted by atomic mass is 10.0. The first kappa shape index (κ1) is 13.4. The highest BCUT2D eigenvalue weighted by atomic mass is 16.4. The fraction of sp³-hybridized carbons (Fsp3) is 0.167. The molecule has 0 atom stereocenters. The Morgan fingerprint density at radius 2 is 1.62 bits per heavy atom. The lowest BCUT2D eigenvalue weighted by Gasteiger charge is -2.08. The number of fused-ring (bicyclic) bond motifs is 1. The third kappa shape index (κ3) is 2.21. The van der Waals surface area contributed by atoms with Gasteiger partial charge < -0.3 is 9.52 Å². The van der Waals surface area contributed by atoms with E-state index in [0.717, 1.165) is 16.7 Å². The van der Waals surface area contributed by atoms with Crippen LogP contribution in [0.5, 0.6) is 5.75 Å². The van der Waals surface area contributed by atoms with Gasteiger partial charge in [0, 0.05) is 5.56 Å². The van der Waals surface area contributed by atoms with Crippen molar-refractivity contribution in [2.45, 2.75) is 20.8 Å². The normalized spacial score (nSPS) is 11.0. The highest BCUT2D eigenvalue weighted by Gasteiger charge is 2.16. The summed E-state index contributed by atoms with van der Waals surface area (Å²) in [4.78, 5) is 12.4. The van der Waals surface area contributed by atoms with Gasteiger partial charge in [-0.1, -0.05) is 35.9 Å². The van der Waals surface area contributed by atoms with Crippen LogP contribution in [0.3, 0.4) is 0 Å². The van der Waals surface area contributed by atoms with E-state index in [1.807, 2.05) is 51.1 Å². The second-order valence-electron chi connectivity index (χ2n) is 5.43. The number of aromatic hydroxyl groups is 1. The molecule has 3 rings (SSSR count).